The Bertz CT molecular complexity index is 76.5. The number of nitrogens with one attached hydrogen (secondary N) is 1. The molecule has 1 nitrogen and oxygen atoms in total. The Kier molecular flexibility index (Phi) is 3.49. The van der Waals surface area contributed by atoms with Gasteiger partial charge in [-0.25, -0.2) is 0 Å². The highest BCUT2D eigenvalue weighted by molar-refractivity contribution is 5.82. The molecule has 0 rings (SSSR count). The van der Waals surface area contributed by atoms with Gasteiger partial charge in [-0.2, -0.15) is 0 Å². The van der Waals surface area contributed by atoms with Crippen molar-refractivity contribution in [2.45, 2.75) is 33.6 Å². The summed E-state index contributed by atoms with van der Waals surface area (Å²) in [7, 11) is 0. The van der Waals surface area contributed by atoms with E-state index in [-0.39, 0.29) is 0 Å². The summed E-state index contributed by atoms with van der Waals surface area (Å²) in [6.45, 7) is 6.26. The number of hydrogen-bond donors (Lipinski definition) is 1. The molecule has 1 atom stereocenters. The molecule has 0 aromatic heterocycles. The molecule has 1 N–H and O–H groups in total. The molecule has 0 bridgehead atoms. The lowest BCUT2D eigenvalue weighted by Gasteiger charge is -2.05. The Morgan fingerprint density at radius 2 is 2.00 bits per heavy atom. The van der Waals surface area contributed by atoms with Crippen LogP contribution in [0.2, 0.25) is 0 Å². The van der Waals surface area contributed by atoms with Gasteiger partial charge in [0.05, 0.1) is 0 Å². The highest BCUT2D eigenvalue weighted by atomic mass is 14.4. The molecular formula is C7H15N. The van der Waals surface area contributed by atoms with Gasteiger partial charge in [-0.3, -0.25) is 0 Å². The zero-order valence-corrected chi connectivity index (χ0v) is 5.99. The first-order valence-corrected chi connectivity index (χ1v) is 3.29. The standard InChI is InChI=1S/C7H15N/c1-4-6(3)7(8)5-2/h6,8H,4-5H2,1-3H3. The highest BCUT2D eigenvalue weighted by Crippen LogP contribution is 2.03. The van der Waals surface area contributed by atoms with Crippen LogP contribution in [-0.4, -0.2) is 5.71 Å². The summed E-state index contributed by atoms with van der Waals surface area (Å²) >= 11 is 0. The first-order valence-electron chi connectivity index (χ1n) is 3.29. The van der Waals surface area contributed by atoms with Crippen molar-refractivity contribution in [3.8, 4) is 0 Å². The fourth-order valence-electron chi connectivity index (χ4n) is 0.595. The highest BCUT2D eigenvalue weighted by Gasteiger charge is 2.01. The summed E-state index contributed by atoms with van der Waals surface area (Å²) in [6.07, 6.45) is 2.02. The van der Waals surface area contributed by atoms with Crippen molar-refractivity contribution in [1.29, 1.82) is 5.41 Å². The molecule has 8 heavy (non-hydrogen) atoms. The molecule has 0 spiro atoms. The van der Waals surface area contributed by atoms with Crippen molar-refractivity contribution < 1.29 is 0 Å². The zero-order valence-electron chi connectivity index (χ0n) is 5.99. The summed E-state index contributed by atoms with van der Waals surface area (Å²) < 4.78 is 0. The molecule has 1 unspecified atom stereocenters. The van der Waals surface area contributed by atoms with E-state index in [1.54, 1.807) is 0 Å². The van der Waals surface area contributed by atoms with Crippen molar-refractivity contribution in [3.63, 3.8) is 0 Å². The lowest BCUT2D eigenvalue weighted by Crippen LogP contribution is -2.06. The smallest absolute Gasteiger partial charge is 0.0114 e. The van der Waals surface area contributed by atoms with Crippen molar-refractivity contribution >= 4 is 5.71 Å². The normalized spacial score (nSPS) is 13.4. The summed E-state index contributed by atoms with van der Waals surface area (Å²) in [5.74, 6) is 0.500. The van der Waals surface area contributed by atoms with E-state index in [0.29, 0.717) is 5.92 Å². The average molecular weight is 113 g/mol. The SMILES string of the molecule is CCC(=N)C(C)CC. The van der Waals surface area contributed by atoms with Gasteiger partial charge in [-0.1, -0.05) is 20.8 Å². The van der Waals surface area contributed by atoms with Crippen molar-refractivity contribution in [1.82, 2.24) is 0 Å². The molecule has 0 saturated heterocycles. The van der Waals surface area contributed by atoms with Gasteiger partial charge in [-0.15, -0.1) is 0 Å². The van der Waals surface area contributed by atoms with E-state index in [9.17, 15) is 0 Å². The zero-order chi connectivity index (χ0) is 6.57. The topological polar surface area (TPSA) is 23.9 Å². The first kappa shape index (κ1) is 7.67. The second-order valence-electron chi connectivity index (χ2n) is 2.19. The molecular weight excluding hydrogens is 98.1 g/mol. The lowest BCUT2D eigenvalue weighted by molar-refractivity contribution is 0.721. The van der Waals surface area contributed by atoms with Gasteiger partial charge >= 0.3 is 0 Å². The minimum absolute atomic E-state index is 0.500. The third-order valence-corrected chi connectivity index (χ3v) is 1.59. The van der Waals surface area contributed by atoms with Crippen LogP contribution in [0.25, 0.3) is 0 Å². The van der Waals surface area contributed by atoms with Gasteiger partial charge in [0.2, 0.25) is 0 Å². The maximum atomic E-state index is 7.34. The van der Waals surface area contributed by atoms with Crippen molar-refractivity contribution in [3.05, 3.63) is 0 Å². The summed E-state index contributed by atoms with van der Waals surface area (Å²) in [4.78, 5) is 0. The third-order valence-electron chi connectivity index (χ3n) is 1.59. The van der Waals surface area contributed by atoms with Crippen LogP contribution in [0.15, 0.2) is 0 Å². The molecule has 0 saturated carbocycles. The molecule has 0 fully saturated rings. The van der Waals surface area contributed by atoms with Gasteiger partial charge in [0.15, 0.2) is 0 Å². The largest absolute Gasteiger partial charge is 0.309 e. The van der Waals surface area contributed by atoms with Crippen LogP contribution in [0.4, 0.5) is 0 Å². The molecule has 0 amide bonds. The van der Waals surface area contributed by atoms with Gasteiger partial charge in [0.1, 0.15) is 0 Å². The van der Waals surface area contributed by atoms with Crippen molar-refractivity contribution in [2.24, 2.45) is 5.92 Å². The lowest BCUT2D eigenvalue weighted by atomic mass is 10.0. The monoisotopic (exact) mass is 113 g/mol. The van der Waals surface area contributed by atoms with Crippen LogP contribution in [0.1, 0.15) is 33.6 Å². The van der Waals surface area contributed by atoms with Crippen LogP contribution < -0.4 is 0 Å². The van der Waals surface area contributed by atoms with E-state index in [1.165, 1.54) is 0 Å². The molecule has 0 aromatic carbocycles. The second-order valence-corrected chi connectivity index (χ2v) is 2.19. The Morgan fingerprint density at radius 3 is 2.12 bits per heavy atom. The van der Waals surface area contributed by atoms with E-state index in [4.69, 9.17) is 5.41 Å². The van der Waals surface area contributed by atoms with E-state index in [1.807, 2.05) is 6.92 Å². The molecule has 1 heteroatoms. The maximum Gasteiger partial charge on any atom is 0.0114 e. The quantitative estimate of drug-likeness (QED) is 0.544. The molecule has 0 aromatic rings. The van der Waals surface area contributed by atoms with Crippen LogP contribution in [0.5, 0.6) is 0 Å². The molecule has 48 valence electrons. The van der Waals surface area contributed by atoms with E-state index in [2.05, 4.69) is 13.8 Å². The molecule has 0 radical (unpaired) electrons. The van der Waals surface area contributed by atoms with Crippen LogP contribution >= 0.6 is 0 Å². The summed E-state index contributed by atoms with van der Waals surface area (Å²) in [5, 5.41) is 7.34. The molecule has 0 aliphatic carbocycles. The minimum atomic E-state index is 0.500. The van der Waals surface area contributed by atoms with Gasteiger partial charge in [0.25, 0.3) is 0 Å². The Hall–Kier alpha value is -0.330. The van der Waals surface area contributed by atoms with Gasteiger partial charge < -0.3 is 5.41 Å². The second kappa shape index (κ2) is 3.65. The van der Waals surface area contributed by atoms with Gasteiger partial charge in [-0.05, 0) is 18.8 Å². The predicted octanol–water partition coefficient (Wildman–Crippen LogP) is 2.46. The Labute approximate surface area is 51.6 Å². The minimum Gasteiger partial charge on any atom is -0.309 e. The Morgan fingerprint density at radius 1 is 1.50 bits per heavy atom. The predicted molar refractivity (Wildman–Crippen MR) is 37.5 cm³/mol. The molecule has 0 heterocycles. The van der Waals surface area contributed by atoms with E-state index >= 15 is 0 Å². The number of hydrogen-bond acceptors (Lipinski definition) is 1. The van der Waals surface area contributed by atoms with Crippen LogP contribution in [0, 0.1) is 11.3 Å². The fourth-order valence-corrected chi connectivity index (χ4v) is 0.595. The first-order chi connectivity index (χ1) is 3.72. The van der Waals surface area contributed by atoms with Crippen LogP contribution in [-0.2, 0) is 0 Å². The number of rotatable bonds is 3. The summed E-state index contributed by atoms with van der Waals surface area (Å²) in [5.41, 5.74) is 0.882. The average Bonchev–Trinajstić information content (AvgIpc) is 1.84. The van der Waals surface area contributed by atoms with Crippen LogP contribution in [0.3, 0.4) is 0 Å². The molecule has 0 aliphatic rings. The van der Waals surface area contributed by atoms with Gasteiger partial charge in [0, 0.05) is 5.71 Å². The van der Waals surface area contributed by atoms with E-state index in [0.717, 1.165) is 18.6 Å². The summed E-state index contributed by atoms with van der Waals surface area (Å²) in [6, 6.07) is 0. The molecule has 0 aliphatic heterocycles. The van der Waals surface area contributed by atoms with E-state index < -0.39 is 0 Å². The maximum absolute atomic E-state index is 7.34. The third kappa shape index (κ3) is 2.10. The fraction of sp³-hybridized carbons (Fsp3) is 0.857. The Balaban J connectivity index is 3.46. The van der Waals surface area contributed by atoms with Crippen molar-refractivity contribution in [2.75, 3.05) is 0 Å².